The van der Waals surface area contributed by atoms with Crippen molar-refractivity contribution in [3.05, 3.63) is 53.6 Å². The third-order valence-corrected chi connectivity index (χ3v) is 3.24. The zero-order chi connectivity index (χ0) is 15.2. The molecule has 2 N–H and O–H groups in total. The molecule has 5 nitrogen and oxygen atoms in total. The number of carbonyl (C=O) groups excluding carboxylic acids is 1. The van der Waals surface area contributed by atoms with Gasteiger partial charge in [0.05, 0.1) is 6.20 Å². The lowest BCUT2D eigenvalue weighted by atomic mass is 10.1. The molecule has 1 unspecified atom stereocenters. The molecule has 0 aliphatic heterocycles. The van der Waals surface area contributed by atoms with Gasteiger partial charge in [0.1, 0.15) is 11.9 Å². The van der Waals surface area contributed by atoms with Crippen molar-refractivity contribution in [3.63, 3.8) is 0 Å². The molecule has 1 aromatic heterocycles. The first-order chi connectivity index (χ1) is 10.1. The van der Waals surface area contributed by atoms with Gasteiger partial charge < -0.3 is 10.6 Å². The van der Waals surface area contributed by atoms with Crippen molar-refractivity contribution in [2.45, 2.75) is 12.5 Å². The van der Waals surface area contributed by atoms with E-state index < -0.39 is 6.04 Å². The van der Waals surface area contributed by atoms with Crippen molar-refractivity contribution in [3.8, 4) is 0 Å². The molecular weight excluding hydrogens is 271 g/mol. The number of aromatic nitrogens is 2. The van der Waals surface area contributed by atoms with Crippen LogP contribution in [0.5, 0.6) is 0 Å². The van der Waals surface area contributed by atoms with Crippen molar-refractivity contribution in [1.29, 1.82) is 0 Å². The summed E-state index contributed by atoms with van der Waals surface area (Å²) in [6.45, 7) is 0.503. The van der Waals surface area contributed by atoms with Crippen LogP contribution >= 0.6 is 0 Å². The predicted octanol–water partition coefficient (Wildman–Crippen LogP) is 1.18. The van der Waals surface area contributed by atoms with Gasteiger partial charge in [-0.05, 0) is 31.2 Å². The number of nitrogens with one attached hydrogen (secondary N) is 2. The minimum absolute atomic E-state index is 0.104. The fourth-order valence-corrected chi connectivity index (χ4v) is 2.12. The average Bonchev–Trinajstić information content (AvgIpc) is 2.88. The van der Waals surface area contributed by atoms with E-state index in [0.29, 0.717) is 13.0 Å². The predicted molar refractivity (Wildman–Crippen MR) is 78.1 cm³/mol. The van der Waals surface area contributed by atoms with Gasteiger partial charge in [-0.1, -0.05) is 12.1 Å². The van der Waals surface area contributed by atoms with Crippen LogP contribution in [-0.4, -0.2) is 29.3 Å². The number of carbonyl (C=O) groups is 1. The number of hydrogen-bond donors (Lipinski definition) is 2. The zero-order valence-corrected chi connectivity index (χ0v) is 12.1. The highest BCUT2D eigenvalue weighted by molar-refractivity contribution is 5.83. The molecule has 21 heavy (non-hydrogen) atoms. The maximum absolute atomic E-state index is 12.8. The highest BCUT2D eigenvalue weighted by Gasteiger charge is 2.19. The second-order valence-electron chi connectivity index (χ2n) is 4.84. The normalized spacial score (nSPS) is 12.1. The Morgan fingerprint density at radius 1 is 1.38 bits per heavy atom. The largest absolute Gasteiger partial charge is 0.354 e. The number of aryl methyl sites for hydroxylation is 1. The second-order valence-corrected chi connectivity index (χ2v) is 4.84. The van der Waals surface area contributed by atoms with Crippen molar-refractivity contribution in [2.75, 3.05) is 13.6 Å². The number of nitrogens with zero attached hydrogens (tertiary/aromatic N) is 2. The van der Waals surface area contributed by atoms with Crippen LogP contribution < -0.4 is 10.6 Å². The summed E-state index contributed by atoms with van der Waals surface area (Å²) in [5.74, 6) is -0.359. The number of hydrogen-bond acceptors (Lipinski definition) is 3. The summed E-state index contributed by atoms with van der Waals surface area (Å²) in [6.07, 6.45) is 4.14. The fourth-order valence-electron chi connectivity index (χ4n) is 2.12. The van der Waals surface area contributed by atoms with Gasteiger partial charge in [0.25, 0.3) is 0 Å². The van der Waals surface area contributed by atoms with Crippen molar-refractivity contribution in [1.82, 2.24) is 20.4 Å². The van der Waals surface area contributed by atoms with Crippen molar-refractivity contribution < 1.29 is 9.18 Å². The lowest BCUT2D eigenvalue weighted by Crippen LogP contribution is -2.36. The van der Waals surface area contributed by atoms with E-state index in [9.17, 15) is 9.18 Å². The van der Waals surface area contributed by atoms with Crippen LogP contribution in [0.4, 0.5) is 4.39 Å². The van der Waals surface area contributed by atoms with E-state index in [0.717, 1.165) is 11.1 Å². The first-order valence-electron chi connectivity index (χ1n) is 6.78. The molecule has 0 spiro atoms. The molecule has 1 atom stereocenters. The first-order valence-corrected chi connectivity index (χ1v) is 6.78. The Labute approximate surface area is 123 Å². The summed E-state index contributed by atoms with van der Waals surface area (Å²) in [4.78, 5) is 12.2. The molecule has 0 radical (unpaired) electrons. The standard InChI is InChI=1S/C15H19FN4O/c1-17-14(12-9-19-20(2)10-12)15(21)18-8-7-11-3-5-13(16)6-4-11/h3-6,9-10,14,17H,7-8H2,1-2H3,(H,18,21). The molecular formula is C15H19FN4O. The fraction of sp³-hybridized carbons (Fsp3) is 0.333. The SMILES string of the molecule is CNC(C(=O)NCCc1ccc(F)cc1)c1cnn(C)c1. The maximum Gasteiger partial charge on any atom is 0.241 e. The van der Waals surface area contributed by atoms with Gasteiger partial charge in [-0.3, -0.25) is 9.48 Å². The van der Waals surface area contributed by atoms with Gasteiger partial charge in [-0.2, -0.15) is 5.10 Å². The molecule has 112 valence electrons. The molecule has 2 rings (SSSR count). The average molecular weight is 290 g/mol. The summed E-state index contributed by atoms with van der Waals surface area (Å²) in [6, 6.07) is 5.86. The van der Waals surface area contributed by atoms with Gasteiger partial charge in [0, 0.05) is 25.4 Å². The molecule has 0 saturated heterocycles. The Hall–Kier alpha value is -2.21. The molecule has 1 amide bonds. The van der Waals surface area contributed by atoms with Gasteiger partial charge in [-0.25, -0.2) is 4.39 Å². The van der Waals surface area contributed by atoms with Crippen LogP contribution in [0.3, 0.4) is 0 Å². The van der Waals surface area contributed by atoms with Crippen LogP contribution in [0.25, 0.3) is 0 Å². The zero-order valence-electron chi connectivity index (χ0n) is 12.1. The van der Waals surface area contributed by atoms with Gasteiger partial charge in [0.2, 0.25) is 5.91 Å². The Bertz CT molecular complexity index is 594. The number of benzene rings is 1. The minimum atomic E-state index is -0.424. The Morgan fingerprint density at radius 3 is 2.67 bits per heavy atom. The lowest BCUT2D eigenvalue weighted by molar-refractivity contribution is -0.123. The van der Waals surface area contributed by atoms with E-state index in [1.807, 2.05) is 7.05 Å². The molecule has 0 aliphatic carbocycles. The van der Waals surface area contributed by atoms with E-state index in [1.54, 1.807) is 36.3 Å². The van der Waals surface area contributed by atoms with E-state index >= 15 is 0 Å². The molecule has 0 aliphatic rings. The summed E-state index contributed by atoms with van der Waals surface area (Å²) in [7, 11) is 3.54. The number of amides is 1. The molecule has 1 heterocycles. The summed E-state index contributed by atoms with van der Waals surface area (Å²) in [5, 5.41) is 9.91. The molecule has 1 aromatic carbocycles. The number of halogens is 1. The van der Waals surface area contributed by atoms with E-state index in [2.05, 4.69) is 15.7 Å². The maximum atomic E-state index is 12.8. The van der Waals surface area contributed by atoms with E-state index in [-0.39, 0.29) is 11.7 Å². The summed E-state index contributed by atoms with van der Waals surface area (Å²) < 4.78 is 14.5. The third kappa shape index (κ3) is 4.13. The smallest absolute Gasteiger partial charge is 0.241 e. The van der Waals surface area contributed by atoms with Crippen molar-refractivity contribution in [2.24, 2.45) is 7.05 Å². The van der Waals surface area contributed by atoms with Crippen LogP contribution in [-0.2, 0) is 18.3 Å². The summed E-state index contributed by atoms with van der Waals surface area (Å²) in [5.41, 5.74) is 1.80. The Morgan fingerprint density at radius 2 is 2.10 bits per heavy atom. The first kappa shape index (κ1) is 15.2. The summed E-state index contributed by atoms with van der Waals surface area (Å²) >= 11 is 0. The molecule has 6 heteroatoms. The highest BCUT2D eigenvalue weighted by Crippen LogP contribution is 2.11. The molecule has 0 fully saturated rings. The Kier molecular flexibility index (Phi) is 5.05. The minimum Gasteiger partial charge on any atom is -0.354 e. The van der Waals surface area contributed by atoms with Gasteiger partial charge >= 0.3 is 0 Å². The van der Waals surface area contributed by atoms with Crippen LogP contribution in [0.15, 0.2) is 36.7 Å². The molecule has 0 bridgehead atoms. The second kappa shape index (κ2) is 6.99. The third-order valence-electron chi connectivity index (χ3n) is 3.24. The van der Waals surface area contributed by atoms with Crippen molar-refractivity contribution >= 4 is 5.91 Å². The van der Waals surface area contributed by atoms with Crippen LogP contribution in [0.1, 0.15) is 17.2 Å². The number of likely N-dealkylation sites (N-methyl/N-ethyl adjacent to an activating group) is 1. The Balaban J connectivity index is 1.87. The molecule has 0 saturated carbocycles. The quantitative estimate of drug-likeness (QED) is 0.840. The van der Waals surface area contributed by atoms with Crippen LogP contribution in [0, 0.1) is 5.82 Å². The van der Waals surface area contributed by atoms with E-state index in [1.165, 1.54) is 12.1 Å². The van der Waals surface area contributed by atoms with Gasteiger partial charge in [-0.15, -0.1) is 0 Å². The topological polar surface area (TPSA) is 59.0 Å². The molecule has 2 aromatic rings. The number of rotatable bonds is 6. The van der Waals surface area contributed by atoms with E-state index in [4.69, 9.17) is 0 Å². The highest BCUT2D eigenvalue weighted by atomic mass is 19.1. The van der Waals surface area contributed by atoms with Crippen LogP contribution in [0.2, 0.25) is 0 Å². The lowest BCUT2D eigenvalue weighted by Gasteiger charge is -2.14. The monoisotopic (exact) mass is 290 g/mol. The van der Waals surface area contributed by atoms with Gasteiger partial charge in [0.15, 0.2) is 0 Å².